The Kier molecular flexibility index (Phi) is 13.7. The molecule has 5 nitrogen and oxygen atoms in total. The molecule has 0 amide bonds. The summed E-state index contributed by atoms with van der Waals surface area (Å²) < 4.78 is 9.42. The van der Waals surface area contributed by atoms with Crippen molar-refractivity contribution in [3.05, 3.63) is 64.3 Å². The Balaban J connectivity index is 0.000000269. The Bertz CT molecular complexity index is 1070. The quantitative estimate of drug-likeness (QED) is 0.0966. The van der Waals surface area contributed by atoms with Crippen LogP contribution >= 0.6 is 42.9 Å². The number of esters is 1. The third kappa shape index (κ3) is 10.3. The molecule has 1 aliphatic heterocycles. The van der Waals surface area contributed by atoms with Crippen molar-refractivity contribution >= 4 is 64.9 Å². The number of carbonyl (C=O) groups excluding carboxylic acids is 1. The third-order valence-corrected chi connectivity index (χ3v) is 8.40. The van der Waals surface area contributed by atoms with Crippen LogP contribution in [0, 0.1) is 27.4 Å². The van der Waals surface area contributed by atoms with E-state index in [-0.39, 0.29) is 18.6 Å². The van der Waals surface area contributed by atoms with Crippen LogP contribution in [0.1, 0.15) is 43.0 Å². The molecule has 1 heterocycles. The standard InChI is InChI=1S/C14H18ClNO2.C13H19N2S.2ClH.Ru/c1-5-16(9-14(17)18-10(2)3)13-7-6-12(15)8-11(13)4;1-10-7-11(2)13(12(3)8-10)14-5-6-15(9-14)16-4;;;/h4,6-8,10H,5,9H2,1-3H3;7-9H,5-6H2,1-4H3;2*1H;/q;-1;;;+2/p-1. The third-order valence-electron chi connectivity index (χ3n) is 5.58. The molecule has 0 atom stereocenters. The molecule has 37 heavy (non-hydrogen) atoms. The van der Waals surface area contributed by atoms with Gasteiger partial charge in [0.2, 0.25) is 0 Å². The average Bonchev–Trinajstić information content (AvgIpc) is 3.25. The summed E-state index contributed by atoms with van der Waals surface area (Å²) >= 11 is 5.85. The zero-order chi connectivity index (χ0) is 27.7. The number of ether oxygens (including phenoxy) is 1. The maximum Gasteiger partial charge on any atom is 0.0142 e. The van der Waals surface area contributed by atoms with Crippen LogP contribution in [-0.2, 0) is 18.3 Å². The number of anilines is 2. The normalized spacial score (nSPS) is 13.8. The fourth-order valence-electron chi connectivity index (χ4n) is 4.23. The van der Waals surface area contributed by atoms with E-state index in [0.717, 1.165) is 24.3 Å². The van der Waals surface area contributed by atoms with E-state index in [1.807, 2.05) is 42.4 Å². The maximum atomic E-state index is 9.88. The van der Waals surface area contributed by atoms with Gasteiger partial charge in [0.1, 0.15) is 0 Å². The first-order valence-corrected chi connectivity index (χ1v) is 19.1. The fourth-order valence-corrected chi connectivity index (χ4v) is 6.68. The summed E-state index contributed by atoms with van der Waals surface area (Å²) in [5.41, 5.74) is 7.27. The smallest absolute Gasteiger partial charge is 0.0142 e. The minimum atomic E-state index is -1.96. The van der Waals surface area contributed by atoms with E-state index in [1.54, 1.807) is 18.0 Å². The summed E-state index contributed by atoms with van der Waals surface area (Å²) in [6.45, 7) is 17.7. The molecular weight excluding hydrogens is 638 g/mol. The number of hydrogen-bond acceptors (Lipinski definition) is 5. The molecule has 0 aromatic heterocycles. The molecule has 208 valence electrons. The van der Waals surface area contributed by atoms with Crippen LogP contribution in [-0.4, -0.2) is 58.2 Å². The van der Waals surface area contributed by atoms with Gasteiger partial charge in [-0.3, -0.25) is 0 Å². The van der Waals surface area contributed by atoms with Crippen LogP contribution in [0.5, 0.6) is 0 Å². The summed E-state index contributed by atoms with van der Waals surface area (Å²) in [6.07, 6.45) is 2.05. The van der Waals surface area contributed by atoms with Gasteiger partial charge >= 0.3 is 144 Å². The molecule has 0 aliphatic carbocycles. The zero-order valence-electron chi connectivity index (χ0n) is 22.5. The number of halogens is 3. The number of aryl methyl sites for hydroxylation is 3. The van der Waals surface area contributed by atoms with Crippen molar-refractivity contribution in [1.82, 2.24) is 4.31 Å². The molecular formula is C27H38Cl3N3O2RuS. The van der Waals surface area contributed by atoms with Gasteiger partial charge in [-0.15, -0.1) is 11.9 Å². The zero-order valence-corrected chi connectivity index (χ0v) is 27.4. The van der Waals surface area contributed by atoms with Crippen LogP contribution < -0.4 is 9.80 Å². The molecule has 0 saturated carbocycles. The molecule has 2 aromatic rings. The van der Waals surface area contributed by atoms with Gasteiger partial charge in [0.15, 0.2) is 0 Å². The summed E-state index contributed by atoms with van der Waals surface area (Å²) in [5.74, 6) is -0.0151. The molecule has 2 aromatic carbocycles. The molecule has 0 unspecified atom stereocenters. The molecule has 0 radical (unpaired) electrons. The molecule has 1 saturated heterocycles. The second kappa shape index (κ2) is 15.7. The van der Waals surface area contributed by atoms with Gasteiger partial charge in [-0.2, -0.15) is 6.67 Å². The largest absolute Gasteiger partial charge is 0.506 e. The van der Waals surface area contributed by atoms with Crippen LogP contribution in [0.3, 0.4) is 0 Å². The summed E-state index contributed by atoms with van der Waals surface area (Å²) in [6, 6.07) is 10.0. The molecule has 1 N–H and O–H groups in total. The van der Waals surface area contributed by atoms with Gasteiger partial charge in [-0.1, -0.05) is 17.7 Å². The van der Waals surface area contributed by atoms with Gasteiger partial charge in [0.05, 0.1) is 0 Å². The monoisotopic (exact) mass is 675 g/mol. The van der Waals surface area contributed by atoms with E-state index in [9.17, 15) is 4.79 Å². The Labute approximate surface area is 245 Å². The van der Waals surface area contributed by atoms with Crippen molar-refractivity contribution in [3.8, 4) is 0 Å². The van der Waals surface area contributed by atoms with Crippen LogP contribution in [0.15, 0.2) is 30.3 Å². The second-order valence-electron chi connectivity index (χ2n) is 8.96. The number of hydrogen-bond donors (Lipinski definition) is 0. The predicted octanol–water partition coefficient (Wildman–Crippen LogP) is 7.30. The second-order valence-corrected chi connectivity index (χ2v) is 16.0. The van der Waals surface area contributed by atoms with E-state index in [0.29, 0.717) is 11.6 Å². The Morgan fingerprint density at radius 3 is 2.35 bits per heavy atom. The maximum absolute atomic E-state index is 9.88. The summed E-state index contributed by atoms with van der Waals surface area (Å²) in [5, 5.41) is 0.622. The van der Waals surface area contributed by atoms with E-state index in [4.69, 9.17) is 35.7 Å². The Morgan fingerprint density at radius 2 is 1.84 bits per heavy atom. The first-order chi connectivity index (χ1) is 17.4. The molecule has 10 heteroatoms. The van der Waals surface area contributed by atoms with Gasteiger partial charge in [-0.25, -0.2) is 0 Å². The first-order valence-electron chi connectivity index (χ1n) is 12.0. The Morgan fingerprint density at radius 1 is 1.19 bits per heavy atom. The van der Waals surface area contributed by atoms with Crippen molar-refractivity contribution in [3.63, 3.8) is 0 Å². The fraction of sp³-hybridized carbons (Fsp3) is 0.444. The van der Waals surface area contributed by atoms with Crippen LogP contribution in [0.2, 0.25) is 5.02 Å². The van der Waals surface area contributed by atoms with E-state index in [1.165, 1.54) is 22.4 Å². The van der Waals surface area contributed by atoms with E-state index >= 15 is 0 Å². The van der Waals surface area contributed by atoms with Gasteiger partial charge in [0.25, 0.3) is 0 Å². The molecule has 0 spiro atoms. The molecule has 0 bridgehead atoms. The number of likely N-dealkylation sites (N-methyl/N-ethyl adjacent to an activating group) is 1. The Hall–Kier alpha value is -0.817. The van der Waals surface area contributed by atoms with Gasteiger partial charge in [0, 0.05) is 12.2 Å². The molecule has 1 aliphatic rings. The van der Waals surface area contributed by atoms with Crippen molar-refractivity contribution < 1.29 is 23.0 Å². The molecule has 1 fully saturated rings. The van der Waals surface area contributed by atoms with Crippen molar-refractivity contribution in [1.29, 1.82) is 0 Å². The van der Waals surface area contributed by atoms with Crippen molar-refractivity contribution in [2.45, 2.75) is 47.6 Å². The minimum Gasteiger partial charge on any atom is -0.506 e. The number of nitrogens with zero attached hydrogens (tertiary/aromatic N) is 3. The summed E-state index contributed by atoms with van der Waals surface area (Å²) in [4.78, 5) is 14.2. The average molecular weight is 676 g/mol. The number of benzene rings is 2. The SMILES string of the molecule is CCN(CC(=[OH+])OC(C)C)c1ccc(Cl)cc1[CH]=[Ru]([Cl])[Cl].CSN1[CH-]N(c2c(C)cc(C)cc2C)CC1. The van der Waals surface area contributed by atoms with E-state index < -0.39 is 13.5 Å². The van der Waals surface area contributed by atoms with Gasteiger partial charge < -0.3 is 9.21 Å². The van der Waals surface area contributed by atoms with Crippen LogP contribution in [0.4, 0.5) is 11.4 Å². The number of rotatable bonds is 8. The van der Waals surface area contributed by atoms with Crippen molar-refractivity contribution in [2.24, 2.45) is 0 Å². The minimum absolute atomic E-state index is 0.0151. The predicted molar refractivity (Wildman–Crippen MR) is 162 cm³/mol. The molecule has 3 rings (SSSR count). The van der Waals surface area contributed by atoms with Crippen molar-refractivity contribution in [2.75, 3.05) is 42.2 Å². The van der Waals surface area contributed by atoms with E-state index in [2.05, 4.69) is 55.0 Å². The van der Waals surface area contributed by atoms with Crippen LogP contribution in [0.25, 0.3) is 0 Å². The summed E-state index contributed by atoms with van der Waals surface area (Å²) in [7, 11) is 11.9. The first kappa shape index (κ1) is 32.4. The topological polar surface area (TPSA) is 40.4 Å². The van der Waals surface area contributed by atoms with Gasteiger partial charge in [-0.05, 0) is 44.7 Å².